The van der Waals surface area contributed by atoms with Crippen molar-refractivity contribution in [2.75, 3.05) is 23.3 Å². The van der Waals surface area contributed by atoms with Gasteiger partial charge in [0.05, 0.1) is 16.8 Å². The number of hydrogen-bond donors (Lipinski definition) is 2. The van der Waals surface area contributed by atoms with Gasteiger partial charge in [0.2, 0.25) is 0 Å². The minimum atomic E-state index is -0.897. The molecule has 1 aliphatic heterocycles. The van der Waals surface area contributed by atoms with Gasteiger partial charge in [0.15, 0.2) is 0 Å². The van der Waals surface area contributed by atoms with Crippen LogP contribution in [0, 0.1) is 31.1 Å². The van der Waals surface area contributed by atoms with Crippen molar-refractivity contribution in [1.29, 1.82) is 5.26 Å². The molecule has 2 aromatic carbocycles. The van der Waals surface area contributed by atoms with Crippen LogP contribution in [0.15, 0.2) is 36.4 Å². The number of carboxylic acids is 1. The van der Waals surface area contributed by atoms with Crippen molar-refractivity contribution in [1.82, 2.24) is 0 Å². The van der Waals surface area contributed by atoms with Crippen LogP contribution in [-0.2, 0) is 0 Å². The van der Waals surface area contributed by atoms with Gasteiger partial charge in [0.25, 0.3) is 0 Å². The van der Waals surface area contributed by atoms with Crippen molar-refractivity contribution in [3.05, 3.63) is 58.7 Å². The van der Waals surface area contributed by atoms with Crippen molar-refractivity contribution in [2.24, 2.45) is 5.92 Å². The first-order valence-electron chi connectivity index (χ1n) is 9.26. The lowest BCUT2D eigenvalue weighted by Gasteiger charge is -2.39. The van der Waals surface area contributed by atoms with Crippen molar-refractivity contribution in [3.63, 3.8) is 0 Å². The molecule has 5 heteroatoms. The van der Waals surface area contributed by atoms with Crippen LogP contribution in [0.25, 0.3) is 0 Å². The van der Waals surface area contributed by atoms with Gasteiger partial charge in [-0.2, -0.15) is 5.26 Å². The Kier molecular flexibility index (Phi) is 5.36. The van der Waals surface area contributed by atoms with Gasteiger partial charge in [0.1, 0.15) is 6.07 Å². The fraction of sp³-hybridized carbons (Fsp3) is 0.364. The number of piperidine rings is 1. The first kappa shape index (κ1) is 18.8. The Bertz CT molecular complexity index is 901. The zero-order valence-corrected chi connectivity index (χ0v) is 16.0. The topological polar surface area (TPSA) is 76.4 Å². The minimum absolute atomic E-state index is 0.263. The predicted octanol–water partition coefficient (Wildman–Crippen LogP) is 4.20. The van der Waals surface area contributed by atoms with E-state index in [2.05, 4.69) is 23.2 Å². The Balaban J connectivity index is 1.76. The first-order chi connectivity index (χ1) is 12.9. The van der Waals surface area contributed by atoms with Crippen LogP contribution < -0.4 is 10.2 Å². The fourth-order valence-electron chi connectivity index (χ4n) is 3.86. The van der Waals surface area contributed by atoms with Gasteiger partial charge in [-0.05, 0) is 55.5 Å². The maximum Gasteiger partial charge on any atom is 0.336 e. The molecule has 140 valence electrons. The molecular formula is C22H25N3O2. The van der Waals surface area contributed by atoms with Gasteiger partial charge in [-0.1, -0.05) is 25.1 Å². The highest BCUT2D eigenvalue weighted by atomic mass is 16.4. The Morgan fingerprint density at radius 1 is 1.26 bits per heavy atom. The third-order valence-corrected chi connectivity index (χ3v) is 5.41. The number of nitriles is 1. The van der Waals surface area contributed by atoms with Crippen LogP contribution in [0.2, 0.25) is 0 Å². The molecule has 2 aromatic rings. The molecule has 3 rings (SSSR count). The van der Waals surface area contributed by atoms with E-state index < -0.39 is 5.97 Å². The van der Waals surface area contributed by atoms with E-state index in [9.17, 15) is 15.2 Å². The number of nitrogens with zero attached hydrogens (tertiary/aromatic N) is 2. The standard InChI is InChI=1S/C22H25N3O2/c1-14-10-15(2)20(11-18(14)22(26)27)24-19-8-9-25(13-16(19)3)21-7-5-4-6-17(21)12-23/h4-7,10-11,16,19,24H,8-9,13H2,1-3H3,(H,26,27)/t16-,19-/m1/s1. The maximum absolute atomic E-state index is 11.4. The number of carbonyl (C=O) groups is 1. The number of para-hydroxylation sites is 1. The molecule has 0 saturated carbocycles. The molecule has 0 spiro atoms. The Morgan fingerprint density at radius 2 is 2.00 bits per heavy atom. The van der Waals surface area contributed by atoms with E-state index in [1.807, 2.05) is 44.2 Å². The molecule has 2 atom stereocenters. The molecule has 0 amide bonds. The summed E-state index contributed by atoms with van der Waals surface area (Å²) in [4.78, 5) is 13.7. The maximum atomic E-state index is 11.4. The minimum Gasteiger partial charge on any atom is -0.478 e. The SMILES string of the molecule is Cc1cc(C)c(C(=O)O)cc1N[C@@H]1CCN(c2ccccc2C#N)C[C@H]1C. The molecule has 0 aromatic heterocycles. The summed E-state index contributed by atoms with van der Waals surface area (Å²) in [6.07, 6.45) is 0.927. The Labute approximate surface area is 160 Å². The van der Waals surface area contributed by atoms with E-state index in [4.69, 9.17) is 0 Å². The number of aryl methyl sites for hydroxylation is 2. The lowest BCUT2D eigenvalue weighted by atomic mass is 9.92. The largest absolute Gasteiger partial charge is 0.478 e. The number of rotatable bonds is 4. The molecule has 0 bridgehead atoms. The zero-order valence-electron chi connectivity index (χ0n) is 16.0. The van der Waals surface area contributed by atoms with Gasteiger partial charge in [-0.3, -0.25) is 0 Å². The monoisotopic (exact) mass is 363 g/mol. The number of hydrogen-bond acceptors (Lipinski definition) is 4. The van der Waals surface area contributed by atoms with Crippen molar-refractivity contribution in [2.45, 2.75) is 33.2 Å². The van der Waals surface area contributed by atoms with Gasteiger partial charge >= 0.3 is 5.97 Å². The molecule has 1 saturated heterocycles. The highest BCUT2D eigenvalue weighted by Crippen LogP contribution is 2.29. The highest BCUT2D eigenvalue weighted by Gasteiger charge is 2.27. The third-order valence-electron chi connectivity index (χ3n) is 5.41. The summed E-state index contributed by atoms with van der Waals surface area (Å²) in [5, 5.41) is 22.3. The summed E-state index contributed by atoms with van der Waals surface area (Å²) in [5.41, 5.74) is 4.77. The number of benzene rings is 2. The van der Waals surface area contributed by atoms with Crippen molar-refractivity contribution in [3.8, 4) is 6.07 Å². The molecule has 1 heterocycles. The number of carboxylic acid groups (broad SMARTS) is 1. The summed E-state index contributed by atoms with van der Waals surface area (Å²) >= 11 is 0. The van der Waals surface area contributed by atoms with E-state index in [1.54, 1.807) is 6.07 Å². The van der Waals surface area contributed by atoms with Crippen LogP contribution in [0.3, 0.4) is 0 Å². The average Bonchev–Trinajstić information content (AvgIpc) is 2.64. The lowest BCUT2D eigenvalue weighted by molar-refractivity contribution is 0.0696. The Morgan fingerprint density at radius 3 is 2.67 bits per heavy atom. The lowest BCUT2D eigenvalue weighted by Crippen LogP contribution is -2.45. The van der Waals surface area contributed by atoms with E-state index >= 15 is 0 Å². The highest BCUT2D eigenvalue weighted by molar-refractivity contribution is 5.91. The Hall–Kier alpha value is -3.00. The van der Waals surface area contributed by atoms with Gasteiger partial charge < -0.3 is 15.3 Å². The number of nitrogens with one attached hydrogen (secondary N) is 1. The summed E-state index contributed by atoms with van der Waals surface area (Å²) in [7, 11) is 0. The predicted molar refractivity (Wildman–Crippen MR) is 107 cm³/mol. The van der Waals surface area contributed by atoms with Gasteiger partial charge in [-0.15, -0.1) is 0 Å². The summed E-state index contributed by atoms with van der Waals surface area (Å²) < 4.78 is 0. The van der Waals surface area contributed by atoms with E-state index in [-0.39, 0.29) is 6.04 Å². The summed E-state index contributed by atoms with van der Waals surface area (Å²) in [5.74, 6) is -0.536. The normalized spacial score (nSPS) is 19.4. The number of anilines is 2. The second kappa shape index (κ2) is 7.71. The quantitative estimate of drug-likeness (QED) is 0.851. The van der Waals surface area contributed by atoms with Crippen LogP contribution >= 0.6 is 0 Å². The van der Waals surface area contributed by atoms with Gasteiger partial charge in [-0.25, -0.2) is 4.79 Å². The zero-order chi connectivity index (χ0) is 19.6. The molecule has 0 radical (unpaired) electrons. The molecule has 1 fully saturated rings. The first-order valence-corrected chi connectivity index (χ1v) is 9.26. The van der Waals surface area contributed by atoms with Crippen LogP contribution in [0.1, 0.15) is 40.4 Å². The van der Waals surface area contributed by atoms with Crippen LogP contribution in [0.4, 0.5) is 11.4 Å². The fourth-order valence-corrected chi connectivity index (χ4v) is 3.86. The van der Waals surface area contributed by atoms with Crippen molar-refractivity contribution >= 4 is 17.3 Å². The molecule has 5 nitrogen and oxygen atoms in total. The van der Waals surface area contributed by atoms with E-state index in [0.29, 0.717) is 17.0 Å². The summed E-state index contributed by atoms with van der Waals surface area (Å²) in [6.45, 7) is 7.74. The van der Waals surface area contributed by atoms with E-state index in [0.717, 1.165) is 42.0 Å². The molecule has 27 heavy (non-hydrogen) atoms. The second-order valence-electron chi connectivity index (χ2n) is 7.38. The smallest absolute Gasteiger partial charge is 0.336 e. The number of aromatic carboxylic acids is 1. The molecule has 2 N–H and O–H groups in total. The van der Waals surface area contributed by atoms with Gasteiger partial charge in [0, 0.05) is 24.8 Å². The molecule has 0 aliphatic carbocycles. The third kappa shape index (κ3) is 3.90. The van der Waals surface area contributed by atoms with Crippen LogP contribution in [0.5, 0.6) is 0 Å². The molecular weight excluding hydrogens is 338 g/mol. The average molecular weight is 363 g/mol. The van der Waals surface area contributed by atoms with Crippen molar-refractivity contribution < 1.29 is 9.90 Å². The second-order valence-corrected chi connectivity index (χ2v) is 7.38. The van der Waals surface area contributed by atoms with Crippen LogP contribution in [-0.4, -0.2) is 30.2 Å². The molecule has 1 aliphatic rings. The van der Waals surface area contributed by atoms with E-state index in [1.165, 1.54) is 0 Å². The summed E-state index contributed by atoms with van der Waals surface area (Å²) in [6, 6.07) is 13.9. The molecule has 0 unspecified atom stereocenters.